The zero-order valence-electron chi connectivity index (χ0n) is 12.0. The number of hydrogen-bond donors (Lipinski definition) is 2. The second-order valence-corrected chi connectivity index (χ2v) is 5.88. The molecule has 0 aliphatic rings. The van der Waals surface area contributed by atoms with Crippen molar-refractivity contribution in [2.45, 2.75) is 6.54 Å². The summed E-state index contributed by atoms with van der Waals surface area (Å²) in [6, 6.07) is 13.2. The minimum absolute atomic E-state index is 0.218. The summed E-state index contributed by atoms with van der Waals surface area (Å²) in [4.78, 5) is 0. The Labute approximate surface area is 142 Å². The van der Waals surface area contributed by atoms with Gasteiger partial charge in [-0.3, -0.25) is 0 Å². The average Bonchev–Trinajstić information content (AvgIpc) is 2.92. The Hall–Kier alpha value is -2.37. The SMILES string of the molecule is N=NN=C(N)c1ccc2c(ccn2Cc2ccc(Cl)cc2Cl)c1. The van der Waals surface area contributed by atoms with Gasteiger partial charge in [0, 0.05) is 39.3 Å². The van der Waals surface area contributed by atoms with Gasteiger partial charge in [-0.15, -0.1) is 5.10 Å². The Morgan fingerprint density at radius 2 is 1.96 bits per heavy atom. The Balaban J connectivity index is 1.97. The van der Waals surface area contributed by atoms with Crippen molar-refractivity contribution in [1.82, 2.24) is 4.57 Å². The Morgan fingerprint density at radius 1 is 1.13 bits per heavy atom. The molecular formula is C16H13Cl2N5. The van der Waals surface area contributed by atoms with Gasteiger partial charge in [-0.25, -0.2) is 0 Å². The van der Waals surface area contributed by atoms with Gasteiger partial charge < -0.3 is 10.3 Å². The molecule has 0 spiro atoms. The third-order valence-electron chi connectivity index (χ3n) is 3.58. The second kappa shape index (κ2) is 6.40. The van der Waals surface area contributed by atoms with E-state index in [1.807, 2.05) is 42.6 Å². The van der Waals surface area contributed by atoms with Gasteiger partial charge in [0.05, 0.1) is 0 Å². The number of aromatic nitrogens is 1. The van der Waals surface area contributed by atoms with E-state index in [2.05, 4.69) is 14.9 Å². The van der Waals surface area contributed by atoms with Crippen LogP contribution in [-0.2, 0) is 6.54 Å². The van der Waals surface area contributed by atoms with Gasteiger partial charge in [0.15, 0.2) is 5.84 Å². The zero-order chi connectivity index (χ0) is 16.4. The third-order valence-corrected chi connectivity index (χ3v) is 4.17. The number of halogens is 2. The van der Waals surface area contributed by atoms with Crippen molar-refractivity contribution in [3.8, 4) is 0 Å². The lowest BCUT2D eigenvalue weighted by molar-refractivity contribution is 0.837. The van der Waals surface area contributed by atoms with Crippen LogP contribution in [0.2, 0.25) is 10.0 Å². The van der Waals surface area contributed by atoms with E-state index in [-0.39, 0.29) is 5.84 Å². The lowest BCUT2D eigenvalue weighted by atomic mass is 10.1. The zero-order valence-corrected chi connectivity index (χ0v) is 13.5. The molecule has 3 aromatic rings. The van der Waals surface area contributed by atoms with Gasteiger partial charge in [-0.1, -0.05) is 34.5 Å². The number of hydrogen-bond acceptors (Lipinski definition) is 2. The number of nitrogens with zero attached hydrogens (tertiary/aromatic N) is 3. The van der Waals surface area contributed by atoms with Crippen LogP contribution in [0.4, 0.5) is 0 Å². The smallest absolute Gasteiger partial charge is 0.155 e. The summed E-state index contributed by atoms with van der Waals surface area (Å²) in [6.07, 6.45) is 1.99. The van der Waals surface area contributed by atoms with E-state index in [0.717, 1.165) is 22.0 Å². The Morgan fingerprint density at radius 3 is 2.70 bits per heavy atom. The van der Waals surface area contributed by atoms with Crippen LogP contribution in [0, 0.1) is 5.53 Å². The summed E-state index contributed by atoms with van der Waals surface area (Å²) >= 11 is 12.2. The van der Waals surface area contributed by atoms with Gasteiger partial charge in [0.1, 0.15) is 0 Å². The van der Waals surface area contributed by atoms with Gasteiger partial charge in [-0.05, 0) is 42.0 Å². The molecular weight excluding hydrogens is 333 g/mol. The van der Waals surface area contributed by atoms with Gasteiger partial charge >= 0.3 is 0 Å². The van der Waals surface area contributed by atoms with E-state index in [1.165, 1.54) is 0 Å². The summed E-state index contributed by atoms with van der Waals surface area (Å²) < 4.78 is 2.09. The molecule has 3 rings (SSSR count). The van der Waals surface area contributed by atoms with Crippen molar-refractivity contribution in [1.29, 1.82) is 5.53 Å². The molecule has 0 amide bonds. The highest BCUT2D eigenvalue weighted by molar-refractivity contribution is 6.35. The van der Waals surface area contributed by atoms with E-state index in [0.29, 0.717) is 16.6 Å². The van der Waals surface area contributed by atoms with Crippen molar-refractivity contribution in [2.24, 2.45) is 16.1 Å². The number of benzene rings is 2. The van der Waals surface area contributed by atoms with E-state index >= 15 is 0 Å². The van der Waals surface area contributed by atoms with Crippen LogP contribution >= 0.6 is 23.2 Å². The maximum Gasteiger partial charge on any atom is 0.155 e. The van der Waals surface area contributed by atoms with Crippen molar-refractivity contribution in [2.75, 3.05) is 0 Å². The predicted molar refractivity (Wildman–Crippen MR) is 93.4 cm³/mol. The number of amidine groups is 1. The monoisotopic (exact) mass is 345 g/mol. The van der Waals surface area contributed by atoms with Crippen molar-refractivity contribution in [3.63, 3.8) is 0 Å². The Bertz CT molecular complexity index is 914. The fourth-order valence-electron chi connectivity index (χ4n) is 2.44. The maximum atomic E-state index is 6.74. The van der Waals surface area contributed by atoms with Gasteiger partial charge in [0.25, 0.3) is 0 Å². The molecule has 2 aromatic carbocycles. The first kappa shape index (κ1) is 15.5. The van der Waals surface area contributed by atoms with Gasteiger partial charge in [-0.2, -0.15) is 5.53 Å². The molecule has 1 aromatic heterocycles. The fourth-order valence-corrected chi connectivity index (χ4v) is 2.91. The van der Waals surface area contributed by atoms with E-state index in [4.69, 9.17) is 34.5 Å². The second-order valence-electron chi connectivity index (χ2n) is 5.04. The largest absolute Gasteiger partial charge is 0.382 e. The Kier molecular flexibility index (Phi) is 4.32. The van der Waals surface area contributed by atoms with E-state index < -0.39 is 0 Å². The van der Waals surface area contributed by atoms with Crippen molar-refractivity contribution >= 4 is 39.9 Å². The lowest BCUT2D eigenvalue weighted by Gasteiger charge is -2.08. The molecule has 23 heavy (non-hydrogen) atoms. The first-order valence-electron chi connectivity index (χ1n) is 6.81. The highest BCUT2D eigenvalue weighted by atomic mass is 35.5. The number of nitrogens with two attached hydrogens (primary N) is 1. The topological polar surface area (TPSA) is 79.5 Å². The highest BCUT2D eigenvalue weighted by Crippen LogP contribution is 2.24. The van der Waals surface area contributed by atoms with Crippen LogP contribution in [0.1, 0.15) is 11.1 Å². The normalized spacial score (nSPS) is 11.8. The van der Waals surface area contributed by atoms with Crippen molar-refractivity contribution < 1.29 is 0 Å². The van der Waals surface area contributed by atoms with E-state index in [9.17, 15) is 0 Å². The quantitative estimate of drug-likeness (QED) is 0.307. The van der Waals surface area contributed by atoms with Crippen LogP contribution in [0.15, 0.2) is 59.0 Å². The van der Waals surface area contributed by atoms with Crippen LogP contribution in [0.3, 0.4) is 0 Å². The summed E-state index contributed by atoms with van der Waals surface area (Å²) in [5.74, 6) is 0.218. The third kappa shape index (κ3) is 3.21. The molecule has 116 valence electrons. The molecule has 0 saturated carbocycles. The predicted octanol–water partition coefficient (Wildman–Crippen LogP) is 4.65. The minimum Gasteiger partial charge on any atom is -0.382 e. The summed E-state index contributed by atoms with van der Waals surface area (Å²) in [6.45, 7) is 0.643. The van der Waals surface area contributed by atoms with Crippen LogP contribution in [0.5, 0.6) is 0 Å². The molecule has 5 nitrogen and oxygen atoms in total. The maximum absolute atomic E-state index is 6.74. The molecule has 0 aliphatic carbocycles. The fraction of sp³-hybridized carbons (Fsp3) is 0.0625. The van der Waals surface area contributed by atoms with Crippen molar-refractivity contribution in [3.05, 3.63) is 69.8 Å². The van der Waals surface area contributed by atoms with Crippen LogP contribution < -0.4 is 5.73 Å². The molecule has 7 heteroatoms. The molecule has 0 fully saturated rings. The first-order chi connectivity index (χ1) is 11.1. The summed E-state index contributed by atoms with van der Waals surface area (Å²) in [5, 5.41) is 8.79. The molecule has 0 unspecified atom stereocenters. The van der Waals surface area contributed by atoms with Crippen LogP contribution in [0.25, 0.3) is 10.9 Å². The molecule has 0 bridgehead atoms. The number of rotatable bonds is 4. The summed E-state index contributed by atoms with van der Waals surface area (Å²) in [5.41, 5.74) is 15.3. The summed E-state index contributed by atoms with van der Waals surface area (Å²) in [7, 11) is 0. The van der Waals surface area contributed by atoms with Gasteiger partial charge in [0.2, 0.25) is 0 Å². The number of fused-ring (bicyclic) bond motifs is 1. The lowest BCUT2D eigenvalue weighted by Crippen LogP contribution is -2.12. The molecule has 0 aliphatic heterocycles. The minimum atomic E-state index is 0.218. The highest BCUT2D eigenvalue weighted by Gasteiger charge is 2.07. The molecule has 1 heterocycles. The van der Waals surface area contributed by atoms with E-state index in [1.54, 1.807) is 6.07 Å². The average molecular weight is 346 g/mol. The van der Waals surface area contributed by atoms with Crippen LogP contribution in [-0.4, -0.2) is 10.4 Å². The number of nitrogens with one attached hydrogen (secondary N) is 1. The first-order valence-corrected chi connectivity index (χ1v) is 7.57. The standard InChI is InChI=1S/C16H13Cl2N5/c17-13-3-1-12(14(18)8-13)9-23-6-5-10-7-11(2-4-15(10)23)16(19)21-22-20/h1-8H,9H2,(H3,19,20,21). The molecule has 0 radical (unpaired) electrons. The molecule has 0 atom stereocenters. The molecule has 0 saturated heterocycles. The molecule has 3 N–H and O–H groups in total.